The van der Waals surface area contributed by atoms with Crippen molar-refractivity contribution in [1.29, 1.82) is 0 Å². The lowest BCUT2D eigenvalue weighted by Crippen LogP contribution is -1.89. The number of hydrogen-bond acceptors (Lipinski definition) is 2. The molecule has 2 heteroatoms. The Morgan fingerprint density at radius 1 is 1.50 bits per heavy atom. The van der Waals surface area contributed by atoms with Gasteiger partial charge in [0.1, 0.15) is 0 Å². The number of rotatable bonds is 3. The minimum atomic E-state index is 0.418. The van der Waals surface area contributed by atoms with E-state index in [2.05, 4.69) is 30.5 Å². The standard InChI is InChI=1S/C8H14N2/c1-5-10-8(6-9-4)7(2)3/h5-7H,4H2,1-3H3/b8-6-,10-5-. The smallest absolute Gasteiger partial charge is 0.0607 e. The quantitative estimate of drug-likeness (QED) is 0.534. The van der Waals surface area contributed by atoms with Crippen molar-refractivity contribution in [2.75, 3.05) is 0 Å². The van der Waals surface area contributed by atoms with E-state index in [1.54, 1.807) is 12.4 Å². The van der Waals surface area contributed by atoms with Crippen molar-refractivity contribution in [2.24, 2.45) is 15.9 Å². The van der Waals surface area contributed by atoms with Crippen LogP contribution in [0.15, 0.2) is 21.9 Å². The molecule has 0 aromatic rings. The van der Waals surface area contributed by atoms with Gasteiger partial charge in [-0.1, -0.05) is 13.8 Å². The minimum absolute atomic E-state index is 0.418. The maximum Gasteiger partial charge on any atom is 0.0607 e. The van der Waals surface area contributed by atoms with Gasteiger partial charge in [0.25, 0.3) is 0 Å². The van der Waals surface area contributed by atoms with Crippen molar-refractivity contribution in [2.45, 2.75) is 20.8 Å². The highest BCUT2D eigenvalue weighted by atomic mass is 14.8. The first kappa shape index (κ1) is 9.08. The fourth-order valence-corrected chi connectivity index (χ4v) is 0.574. The van der Waals surface area contributed by atoms with Crippen LogP contribution in [0.3, 0.4) is 0 Å². The van der Waals surface area contributed by atoms with Crippen LogP contribution in [0.2, 0.25) is 0 Å². The summed E-state index contributed by atoms with van der Waals surface area (Å²) < 4.78 is 0. The Morgan fingerprint density at radius 3 is 2.40 bits per heavy atom. The third kappa shape index (κ3) is 3.17. The summed E-state index contributed by atoms with van der Waals surface area (Å²) in [5.74, 6) is 0.418. The van der Waals surface area contributed by atoms with E-state index in [-0.39, 0.29) is 0 Å². The third-order valence-electron chi connectivity index (χ3n) is 1.09. The molecule has 0 atom stereocenters. The molecule has 56 valence electrons. The Labute approximate surface area is 62.4 Å². The van der Waals surface area contributed by atoms with Crippen LogP contribution in [-0.2, 0) is 0 Å². The molecule has 0 rings (SSSR count). The van der Waals surface area contributed by atoms with Crippen LogP contribution in [0.25, 0.3) is 0 Å². The Kier molecular flexibility index (Phi) is 4.46. The van der Waals surface area contributed by atoms with Gasteiger partial charge in [-0.05, 0) is 19.6 Å². The number of nitrogens with zero attached hydrogens (tertiary/aromatic N) is 2. The van der Waals surface area contributed by atoms with Gasteiger partial charge in [0.05, 0.1) is 5.70 Å². The van der Waals surface area contributed by atoms with E-state index in [1.165, 1.54) is 0 Å². The predicted octanol–water partition coefficient (Wildman–Crippen LogP) is 2.28. The second-order valence-electron chi connectivity index (χ2n) is 2.28. The molecule has 0 amide bonds. The van der Waals surface area contributed by atoms with Gasteiger partial charge in [-0.2, -0.15) is 0 Å². The molecule has 0 unspecified atom stereocenters. The number of allylic oxidation sites excluding steroid dienone is 1. The second kappa shape index (κ2) is 4.91. The Balaban J connectivity index is 4.25. The first-order valence-electron chi connectivity index (χ1n) is 3.37. The van der Waals surface area contributed by atoms with Crippen molar-refractivity contribution >= 4 is 12.9 Å². The molecule has 0 radical (unpaired) electrons. The van der Waals surface area contributed by atoms with Crippen molar-refractivity contribution in [3.05, 3.63) is 11.9 Å². The van der Waals surface area contributed by atoms with Gasteiger partial charge in [-0.15, -0.1) is 0 Å². The van der Waals surface area contributed by atoms with Crippen LogP contribution in [-0.4, -0.2) is 12.9 Å². The Morgan fingerprint density at radius 2 is 2.10 bits per heavy atom. The summed E-state index contributed by atoms with van der Waals surface area (Å²) >= 11 is 0. The minimum Gasteiger partial charge on any atom is -0.271 e. The van der Waals surface area contributed by atoms with E-state index < -0.39 is 0 Å². The molecule has 2 nitrogen and oxygen atoms in total. The molecular weight excluding hydrogens is 124 g/mol. The molecule has 0 saturated heterocycles. The van der Waals surface area contributed by atoms with Crippen LogP contribution in [0, 0.1) is 5.92 Å². The molecule has 0 aliphatic carbocycles. The van der Waals surface area contributed by atoms with Gasteiger partial charge < -0.3 is 0 Å². The van der Waals surface area contributed by atoms with Crippen LogP contribution < -0.4 is 0 Å². The van der Waals surface area contributed by atoms with Gasteiger partial charge in [0.15, 0.2) is 0 Å². The SMILES string of the molecule is C=N/C=C(\N=C/C)C(C)C. The lowest BCUT2D eigenvalue weighted by Gasteiger charge is -2.01. The molecule has 0 saturated carbocycles. The summed E-state index contributed by atoms with van der Waals surface area (Å²) in [6.07, 6.45) is 3.45. The first-order valence-corrected chi connectivity index (χ1v) is 3.37. The highest BCUT2D eigenvalue weighted by Gasteiger charge is 1.97. The summed E-state index contributed by atoms with van der Waals surface area (Å²) in [6.45, 7) is 9.40. The summed E-state index contributed by atoms with van der Waals surface area (Å²) in [6, 6.07) is 0. The Bertz CT molecular complexity index is 155. The average molecular weight is 138 g/mol. The summed E-state index contributed by atoms with van der Waals surface area (Å²) in [7, 11) is 0. The number of hydrogen-bond donors (Lipinski definition) is 0. The van der Waals surface area contributed by atoms with Gasteiger partial charge in [0.2, 0.25) is 0 Å². The molecule has 0 aromatic heterocycles. The first-order chi connectivity index (χ1) is 4.72. The van der Waals surface area contributed by atoms with Crippen LogP contribution >= 0.6 is 0 Å². The second-order valence-corrected chi connectivity index (χ2v) is 2.28. The van der Waals surface area contributed by atoms with Gasteiger partial charge in [-0.3, -0.25) is 9.98 Å². The van der Waals surface area contributed by atoms with E-state index in [0.29, 0.717) is 5.92 Å². The van der Waals surface area contributed by atoms with E-state index in [1.807, 2.05) is 6.92 Å². The molecule has 0 spiro atoms. The lowest BCUT2D eigenvalue weighted by atomic mass is 10.1. The van der Waals surface area contributed by atoms with E-state index in [0.717, 1.165) is 5.70 Å². The zero-order chi connectivity index (χ0) is 7.98. The van der Waals surface area contributed by atoms with Crippen LogP contribution in [0.5, 0.6) is 0 Å². The molecule has 0 aliphatic rings. The molecule has 0 fully saturated rings. The Hall–Kier alpha value is -0.920. The third-order valence-corrected chi connectivity index (χ3v) is 1.09. The van der Waals surface area contributed by atoms with E-state index in [9.17, 15) is 0 Å². The number of aliphatic imine (C=N–C) groups is 2. The molecule has 0 N–H and O–H groups in total. The summed E-state index contributed by atoms with van der Waals surface area (Å²) in [5.41, 5.74) is 0.970. The van der Waals surface area contributed by atoms with Gasteiger partial charge in [-0.25, -0.2) is 0 Å². The fraction of sp³-hybridized carbons (Fsp3) is 0.500. The van der Waals surface area contributed by atoms with Crippen molar-refractivity contribution in [3.8, 4) is 0 Å². The van der Waals surface area contributed by atoms with E-state index in [4.69, 9.17) is 0 Å². The summed E-state index contributed by atoms with van der Waals surface area (Å²) in [5, 5.41) is 0. The van der Waals surface area contributed by atoms with Crippen molar-refractivity contribution < 1.29 is 0 Å². The molecule has 0 heterocycles. The predicted molar refractivity (Wildman–Crippen MR) is 46.6 cm³/mol. The van der Waals surface area contributed by atoms with Crippen LogP contribution in [0.4, 0.5) is 0 Å². The van der Waals surface area contributed by atoms with Crippen molar-refractivity contribution in [3.63, 3.8) is 0 Å². The van der Waals surface area contributed by atoms with Gasteiger partial charge >= 0.3 is 0 Å². The molecule has 0 bridgehead atoms. The topological polar surface area (TPSA) is 24.7 Å². The van der Waals surface area contributed by atoms with Crippen LogP contribution in [0.1, 0.15) is 20.8 Å². The van der Waals surface area contributed by atoms with Crippen molar-refractivity contribution in [1.82, 2.24) is 0 Å². The monoisotopic (exact) mass is 138 g/mol. The summed E-state index contributed by atoms with van der Waals surface area (Å²) in [4.78, 5) is 7.77. The zero-order valence-corrected chi connectivity index (χ0v) is 6.83. The molecule has 10 heavy (non-hydrogen) atoms. The molecule has 0 aromatic carbocycles. The van der Waals surface area contributed by atoms with E-state index >= 15 is 0 Å². The fourth-order valence-electron chi connectivity index (χ4n) is 0.574. The highest BCUT2D eigenvalue weighted by Crippen LogP contribution is 2.09. The van der Waals surface area contributed by atoms with Gasteiger partial charge in [0, 0.05) is 12.4 Å². The average Bonchev–Trinajstić information content (AvgIpc) is 1.87. The lowest BCUT2D eigenvalue weighted by molar-refractivity contribution is 0.756. The molecular formula is C8H14N2. The zero-order valence-electron chi connectivity index (χ0n) is 6.83. The normalized spacial score (nSPS) is 13.0. The largest absolute Gasteiger partial charge is 0.271 e. The maximum absolute atomic E-state index is 4.12. The maximum atomic E-state index is 4.12. The highest BCUT2D eigenvalue weighted by molar-refractivity contribution is 5.55. The molecule has 0 aliphatic heterocycles.